The van der Waals surface area contributed by atoms with E-state index < -0.39 is 0 Å². The molecule has 5 nitrogen and oxygen atoms in total. The summed E-state index contributed by atoms with van der Waals surface area (Å²) in [6.45, 7) is 3.83. The number of thiazole rings is 1. The molecular formula is C11H11ClN4OS. The van der Waals surface area contributed by atoms with Crippen molar-refractivity contribution < 1.29 is 4.79 Å². The summed E-state index contributed by atoms with van der Waals surface area (Å²) in [7, 11) is 0. The SMILES string of the molecule is Cc1nc(NC(=O)c2cc(Cl)ncc2N)sc1C. The van der Waals surface area contributed by atoms with Crippen molar-refractivity contribution in [1.82, 2.24) is 9.97 Å². The van der Waals surface area contributed by atoms with Crippen molar-refractivity contribution in [2.24, 2.45) is 0 Å². The molecule has 0 aliphatic rings. The molecule has 2 aromatic rings. The fourth-order valence-electron chi connectivity index (χ4n) is 1.33. The fourth-order valence-corrected chi connectivity index (χ4v) is 2.30. The number of pyridine rings is 1. The number of aryl methyl sites for hydroxylation is 2. The van der Waals surface area contributed by atoms with Crippen LogP contribution in [-0.4, -0.2) is 15.9 Å². The van der Waals surface area contributed by atoms with Crippen molar-refractivity contribution >= 4 is 39.7 Å². The first-order valence-corrected chi connectivity index (χ1v) is 6.33. The molecule has 2 rings (SSSR count). The third kappa shape index (κ3) is 2.60. The smallest absolute Gasteiger partial charge is 0.259 e. The largest absolute Gasteiger partial charge is 0.397 e. The average Bonchev–Trinajstić information content (AvgIpc) is 2.61. The number of aromatic nitrogens is 2. The molecule has 0 fully saturated rings. The van der Waals surface area contributed by atoms with E-state index in [1.54, 1.807) is 0 Å². The van der Waals surface area contributed by atoms with Gasteiger partial charge in [0.15, 0.2) is 5.13 Å². The van der Waals surface area contributed by atoms with Gasteiger partial charge in [-0.1, -0.05) is 11.6 Å². The molecule has 0 aliphatic heterocycles. The van der Waals surface area contributed by atoms with Gasteiger partial charge in [0.05, 0.1) is 23.1 Å². The van der Waals surface area contributed by atoms with Crippen LogP contribution in [0.5, 0.6) is 0 Å². The molecule has 3 N–H and O–H groups in total. The molecular weight excluding hydrogens is 272 g/mol. The summed E-state index contributed by atoms with van der Waals surface area (Å²) >= 11 is 7.15. The van der Waals surface area contributed by atoms with Crippen LogP contribution >= 0.6 is 22.9 Å². The van der Waals surface area contributed by atoms with Gasteiger partial charge in [-0.2, -0.15) is 0 Å². The monoisotopic (exact) mass is 282 g/mol. The van der Waals surface area contributed by atoms with E-state index in [9.17, 15) is 4.79 Å². The van der Waals surface area contributed by atoms with E-state index in [-0.39, 0.29) is 16.7 Å². The van der Waals surface area contributed by atoms with Crippen LogP contribution < -0.4 is 11.1 Å². The van der Waals surface area contributed by atoms with Crippen LogP contribution in [0, 0.1) is 13.8 Å². The summed E-state index contributed by atoms with van der Waals surface area (Å²) in [5.41, 5.74) is 7.15. The number of carbonyl (C=O) groups excluding carboxylic acids is 1. The van der Waals surface area contributed by atoms with Gasteiger partial charge in [-0.05, 0) is 19.9 Å². The lowest BCUT2D eigenvalue weighted by molar-refractivity contribution is 0.102. The predicted octanol–water partition coefficient (Wildman–Crippen LogP) is 2.64. The number of hydrogen-bond donors (Lipinski definition) is 2. The summed E-state index contributed by atoms with van der Waals surface area (Å²) in [5.74, 6) is -0.342. The topological polar surface area (TPSA) is 80.9 Å². The minimum atomic E-state index is -0.342. The van der Waals surface area contributed by atoms with Gasteiger partial charge in [0.25, 0.3) is 5.91 Å². The first-order valence-electron chi connectivity index (χ1n) is 5.14. The van der Waals surface area contributed by atoms with Crippen LogP contribution in [0.2, 0.25) is 5.15 Å². The molecule has 7 heteroatoms. The summed E-state index contributed by atoms with van der Waals surface area (Å²) in [5, 5.41) is 3.46. The van der Waals surface area contributed by atoms with E-state index >= 15 is 0 Å². The van der Waals surface area contributed by atoms with E-state index in [1.165, 1.54) is 23.6 Å². The standard InChI is InChI=1S/C11H11ClN4OS/c1-5-6(2)18-11(15-5)16-10(17)7-3-9(12)14-4-8(7)13/h3-4H,13H2,1-2H3,(H,15,16,17). The lowest BCUT2D eigenvalue weighted by Gasteiger charge is -2.04. The van der Waals surface area contributed by atoms with E-state index in [1.807, 2.05) is 13.8 Å². The van der Waals surface area contributed by atoms with E-state index in [0.29, 0.717) is 10.7 Å². The van der Waals surface area contributed by atoms with Crippen molar-refractivity contribution in [3.05, 3.63) is 33.6 Å². The second-order valence-electron chi connectivity index (χ2n) is 3.71. The second kappa shape index (κ2) is 4.91. The minimum absolute atomic E-state index is 0.223. The molecule has 0 unspecified atom stereocenters. The number of nitrogens with two attached hydrogens (primary N) is 1. The van der Waals surface area contributed by atoms with E-state index in [2.05, 4.69) is 15.3 Å². The van der Waals surface area contributed by atoms with Crippen molar-refractivity contribution in [2.45, 2.75) is 13.8 Å². The highest BCUT2D eigenvalue weighted by molar-refractivity contribution is 7.15. The van der Waals surface area contributed by atoms with Gasteiger partial charge in [-0.25, -0.2) is 9.97 Å². The lowest BCUT2D eigenvalue weighted by atomic mass is 10.2. The normalized spacial score (nSPS) is 10.4. The molecule has 2 aromatic heterocycles. The van der Waals surface area contributed by atoms with Crippen LogP contribution in [0.3, 0.4) is 0 Å². The number of anilines is 2. The summed E-state index contributed by atoms with van der Waals surface area (Å²) in [6.07, 6.45) is 1.36. The highest BCUT2D eigenvalue weighted by Crippen LogP contribution is 2.23. The molecule has 1 amide bonds. The number of hydrogen-bond acceptors (Lipinski definition) is 5. The lowest BCUT2D eigenvalue weighted by Crippen LogP contribution is -2.14. The Morgan fingerprint density at radius 1 is 1.50 bits per heavy atom. The zero-order valence-electron chi connectivity index (χ0n) is 9.82. The van der Waals surface area contributed by atoms with Crippen molar-refractivity contribution in [3.8, 4) is 0 Å². The Balaban J connectivity index is 2.24. The van der Waals surface area contributed by atoms with Gasteiger partial charge in [0, 0.05) is 4.88 Å². The molecule has 94 valence electrons. The molecule has 18 heavy (non-hydrogen) atoms. The van der Waals surface area contributed by atoms with Gasteiger partial charge < -0.3 is 5.73 Å². The van der Waals surface area contributed by atoms with Gasteiger partial charge in [-0.3, -0.25) is 10.1 Å². The number of nitrogen functional groups attached to an aromatic ring is 1. The minimum Gasteiger partial charge on any atom is -0.397 e. The van der Waals surface area contributed by atoms with Gasteiger partial charge in [-0.15, -0.1) is 11.3 Å². The maximum Gasteiger partial charge on any atom is 0.259 e. The second-order valence-corrected chi connectivity index (χ2v) is 5.30. The molecule has 0 radical (unpaired) electrons. The van der Waals surface area contributed by atoms with E-state index in [0.717, 1.165) is 10.6 Å². The fraction of sp³-hybridized carbons (Fsp3) is 0.182. The molecule has 0 spiro atoms. The van der Waals surface area contributed by atoms with Crippen LogP contribution in [0.4, 0.5) is 10.8 Å². The Labute approximate surface area is 113 Å². The molecule has 0 bridgehead atoms. The quantitative estimate of drug-likeness (QED) is 0.830. The first-order chi connectivity index (χ1) is 8.47. The first kappa shape index (κ1) is 12.8. The maximum atomic E-state index is 12.0. The highest BCUT2D eigenvalue weighted by atomic mass is 35.5. The number of amides is 1. The number of nitrogens with zero attached hydrogens (tertiary/aromatic N) is 2. The Kier molecular flexibility index (Phi) is 3.49. The molecule has 0 saturated carbocycles. The zero-order chi connectivity index (χ0) is 13.3. The Bertz CT molecular complexity index is 592. The Morgan fingerprint density at radius 2 is 2.22 bits per heavy atom. The Hall–Kier alpha value is -1.66. The number of rotatable bonds is 2. The average molecular weight is 283 g/mol. The summed E-state index contributed by atoms with van der Waals surface area (Å²) in [6, 6.07) is 1.43. The van der Waals surface area contributed by atoms with Gasteiger partial charge >= 0.3 is 0 Å². The summed E-state index contributed by atoms with van der Waals surface area (Å²) in [4.78, 5) is 21.1. The summed E-state index contributed by atoms with van der Waals surface area (Å²) < 4.78 is 0. The number of carbonyl (C=O) groups is 1. The predicted molar refractivity (Wildman–Crippen MR) is 73.2 cm³/mol. The maximum absolute atomic E-state index is 12.0. The highest BCUT2D eigenvalue weighted by Gasteiger charge is 2.13. The number of nitrogens with one attached hydrogen (secondary N) is 1. The van der Waals surface area contributed by atoms with E-state index in [4.69, 9.17) is 17.3 Å². The van der Waals surface area contributed by atoms with Crippen LogP contribution in [0.1, 0.15) is 20.9 Å². The van der Waals surface area contributed by atoms with Gasteiger partial charge in [0.1, 0.15) is 5.15 Å². The van der Waals surface area contributed by atoms with Crippen molar-refractivity contribution in [3.63, 3.8) is 0 Å². The number of halogens is 1. The van der Waals surface area contributed by atoms with Crippen LogP contribution in [-0.2, 0) is 0 Å². The van der Waals surface area contributed by atoms with Crippen molar-refractivity contribution in [2.75, 3.05) is 11.1 Å². The van der Waals surface area contributed by atoms with Crippen LogP contribution in [0.15, 0.2) is 12.3 Å². The molecule has 0 aromatic carbocycles. The third-order valence-corrected chi connectivity index (χ3v) is 3.59. The Morgan fingerprint density at radius 3 is 2.83 bits per heavy atom. The molecule has 2 heterocycles. The molecule has 0 saturated heterocycles. The molecule has 0 aliphatic carbocycles. The van der Waals surface area contributed by atoms with Crippen molar-refractivity contribution in [1.29, 1.82) is 0 Å². The van der Waals surface area contributed by atoms with Crippen LogP contribution in [0.25, 0.3) is 0 Å². The third-order valence-electron chi connectivity index (χ3n) is 2.40. The van der Waals surface area contributed by atoms with Gasteiger partial charge in [0.2, 0.25) is 0 Å². The zero-order valence-corrected chi connectivity index (χ0v) is 11.4. The molecule has 0 atom stereocenters.